The summed E-state index contributed by atoms with van der Waals surface area (Å²) in [6.07, 6.45) is 0.612. The fraction of sp³-hybridized carbons (Fsp3) is 0.615. The van der Waals surface area contributed by atoms with Crippen molar-refractivity contribution in [3.63, 3.8) is 0 Å². The van der Waals surface area contributed by atoms with Crippen LogP contribution in [0.25, 0.3) is 0 Å². The van der Waals surface area contributed by atoms with Crippen molar-refractivity contribution in [2.45, 2.75) is 44.8 Å². The van der Waals surface area contributed by atoms with Crippen LogP contribution < -0.4 is 4.90 Å². The molecule has 0 aliphatic carbocycles. The second kappa shape index (κ2) is 5.57. The van der Waals surface area contributed by atoms with Gasteiger partial charge in [-0.1, -0.05) is 18.5 Å². The van der Waals surface area contributed by atoms with Crippen LogP contribution in [0.2, 0.25) is 5.02 Å². The van der Waals surface area contributed by atoms with Crippen molar-refractivity contribution in [1.29, 1.82) is 0 Å². The summed E-state index contributed by atoms with van der Waals surface area (Å²) in [6.45, 7) is 2.87. The summed E-state index contributed by atoms with van der Waals surface area (Å²) in [5.74, 6) is 0.473. The zero-order chi connectivity index (χ0) is 14.0. The van der Waals surface area contributed by atoms with Gasteiger partial charge in [-0.15, -0.1) is 0 Å². The van der Waals surface area contributed by atoms with Crippen molar-refractivity contribution in [3.05, 3.63) is 22.8 Å². The van der Waals surface area contributed by atoms with E-state index in [1.54, 1.807) is 0 Å². The quantitative estimate of drug-likeness (QED) is 0.796. The van der Waals surface area contributed by atoms with Crippen molar-refractivity contribution in [2.75, 3.05) is 11.4 Å². The third kappa shape index (κ3) is 3.14. The minimum atomic E-state index is -4.40. The van der Waals surface area contributed by atoms with Gasteiger partial charge in [-0.05, 0) is 31.7 Å². The lowest BCUT2D eigenvalue weighted by atomic mass is 10.00. The molecule has 0 N–H and O–H groups in total. The largest absolute Gasteiger partial charge is 0.417 e. The molecule has 106 valence electrons. The van der Waals surface area contributed by atoms with Crippen molar-refractivity contribution >= 4 is 17.4 Å². The molecule has 1 aromatic heterocycles. The van der Waals surface area contributed by atoms with Gasteiger partial charge in [0.1, 0.15) is 5.82 Å². The summed E-state index contributed by atoms with van der Waals surface area (Å²) in [4.78, 5) is 5.97. The summed E-state index contributed by atoms with van der Waals surface area (Å²) in [6, 6.07) is 1.28. The normalized spacial score (nSPS) is 20.7. The average Bonchev–Trinajstić information content (AvgIpc) is 2.37. The molecule has 0 spiro atoms. The van der Waals surface area contributed by atoms with Crippen LogP contribution in [0.15, 0.2) is 12.3 Å². The van der Waals surface area contributed by atoms with Gasteiger partial charge in [0.25, 0.3) is 0 Å². The lowest BCUT2D eigenvalue weighted by Gasteiger charge is -2.36. The maximum absolute atomic E-state index is 12.6. The van der Waals surface area contributed by atoms with Crippen LogP contribution in [0.3, 0.4) is 0 Å². The molecule has 0 radical (unpaired) electrons. The standard InChI is InChI=1S/C13H16ClF3N2/c1-2-10-5-3-4-6-19(10)12-11(14)7-9(8-18-12)13(15,16)17/h7-8,10H,2-6H2,1H3/t10-/m0/s1. The Labute approximate surface area is 115 Å². The van der Waals surface area contributed by atoms with Crippen LogP contribution in [0, 0.1) is 0 Å². The lowest BCUT2D eigenvalue weighted by molar-refractivity contribution is -0.137. The van der Waals surface area contributed by atoms with Crippen LogP contribution in [-0.2, 0) is 6.18 Å². The highest BCUT2D eigenvalue weighted by Crippen LogP contribution is 2.35. The zero-order valence-electron chi connectivity index (χ0n) is 10.7. The first-order chi connectivity index (χ1) is 8.93. The third-order valence-electron chi connectivity index (χ3n) is 3.52. The van der Waals surface area contributed by atoms with Crippen LogP contribution in [-0.4, -0.2) is 17.6 Å². The van der Waals surface area contributed by atoms with Crippen LogP contribution in [0.5, 0.6) is 0 Å². The van der Waals surface area contributed by atoms with Crippen molar-refractivity contribution in [2.24, 2.45) is 0 Å². The van der Waals surface area contributed by atoms with Gasteiger partial charge in [0.15, 0.2) is 0 Å². The van der Waals surface area contributed by atoms with E-state index in [1.807, 2.05) is 4.90 Å². The Bertz CT molecular complexity index is 448. The van der Waals surface area contributed by atoms with Crippen LogP contribution in [0.4, 0.5) is 19.0 Å². The number of alkyl halides is 3. The van der Waals surface area contributed by atoms with E-state index < -0.39 is 11.7 Å². The second-order valence-electron chi connectivity index (χ2n) is 4.78. The molecular weight excluding hydrogens is 277 g/mol. The lowest BCUT2D eigenvalue weighted by Crippen LogP contribution is -2.39. The molecule has 6 heteroatoms. The van der Waals surface area contributed by atoms with Crippen molar-refractivity contribution < 1.29 is 13.2 Å². The van der Waals surface area contributed by atoms with E-state index in [-0.39, 0.29) is 5.02 Å². The van der Waals surface area contributed by atoms with Gasteiger partial charge in [-0.25, -0.2) is 4.98 Å². The molecule has 0 saturated carbocycles. The molecule has 1 aliphatic heterocycles. The van der Waals surface area contributed by atoms with Gasteiger partial charge in [0, 0.05) is 18.8 Å². The van der Waals surface area contributed by atoms with Crippen LogP contribution >= 0.6 is 11.6 Å². The Morgan fingerprint density at radius 2 is 2.16 bits per heavy atom. The number of anilines is 1. The zero-order valence-corrected chi connectivity index (χ0v) is 11.4. The molecular formula is C13H16ClF3N2. The number of halogens is 4. The predicted octanol–water partition coefficient (Wildman–Crippen LogP) is 4.52. The fourth-order valence-corrected chi connectivity index (χ4v) is 2.78. The molecule has 1 fully saturated rings. The summed E-state index contributed by atoms with van der Waals surface area (Å²) in [5.41, 5.74) is -0.800. The number of rotatable bonds is 2. The number of aromatic nitrogens is 1. The van der Waals surface area contributed by atoms with E-state index in [0.29, 0.717) is 11.9 Å². The SMILES string of the molecule is CC[C@H]1CCCCN1c1ncc(C(F)(F)F)cc1Cl. The maximum Gasteiger partial charge on any atom is 0.417 e. The van der Waals surface area contributed by atoms with E-state index >= 15 is 0 Å². The molecule has 0 unspecified atom stereocenters. The molecule has 19 heavy (non-hydrogen) atoms. The van der Waals surface area contributed by atoms with Gasteiger partial charge in [0.05, 0.1) is 10.6 Å². The fourth-order valence-electron chi connectivity index (χ4n) is 2.50. The molecule has 2 rings (SSSR count). The predicted molar refractivity (Wildman–Crippen MR) is 69.5 cm³/mol. The minimum Gasteiger partial charge on any atom is -0.352 e. The summed E-state index contributed by atoms with van der Waals surface area (Å²) in [7, 11) is 0. The highest BCUT2D eigenvalue weighted by atomic mass is 35.5. The summed E-state index contributed by atoms with van der Waals surface area (Å²) in [5, 5.41) is 0.0789. The maximum atomic E-state index is 12.6. The Kier molecular flexibility index (Phi) is 4.23. The number of pyridine rings is 1. The molecule has 1 atom stereocenters. The first-order valence-electron chi connectivity index (χ1n) is 6.43. The van der Waals surface area contributed by atoms with E-state index in [4.69, 9.17) is 11.6 Å². The van der Waals surface area contributed by atoms with Gasteiger partial charge in [-0.3, -0.25) is 0 Å². The van der Waals surface area contributed by atoms with Crippen molar-refractivity contribution in [1.82, 2.24) is 4.98 Å². The molecule has 0 bridgehead atoms. The minimum absolute atomic E-state index is 0.0789. The number of hydrogen-bond acceptors (Lipinski definition) is 2. The third-order valence-corrected chi connectivity index (χ3v) is 3.80. The van der Waals surface area contributed by atoms with Crippen LogP contribution in [0.1, 0.15) is 38.2 Å². The molecule has 1 aromatic rings. The number of nitrogens with zero attached hydrogens (tertiary/aromatic N) is 2. The van der Waals surface area contributed by atoms with E-state index in [2.05, 4.69) is 11.9 Å². The van der Waals surface area contributed by atoms with E-state index in [1.165, 1.54) is 0 Å². The van der Waals surface area contributed by atoms with Crippen molar-refractivity contribution in [3.8, 4) is 0 Å². The molecule has 1 aliphatic rings. The second-order valence-corrected chi connectivity index (χ2v) is 5.19. The number of piperidine rings is 1. The van der Waals surface area contributed by atoms with Gasteiger partial charge in [0.2, 0.25) is 0 Å². The van der Waals surface area contributed by atoms with E-state index in [0.717, 1.165) is 44.5 Å². The molecule has 0 aromatic carbocycles. The summed E-state index contributed by atoms with van der Waals surface area (Å²) >= 11 is 5.99. The Morgan fingerprint density at radius 1 is 1.42 bits per heavy atom. The Balaban J connectivity index is 2.30. The number of hydrogen-bond donors (Lipinski definition) is 0. The molecule has 1 saturated heterocycles. The highest BCUT2D eigenvalue weighted by molar-refractivity contribution is 6.33. The smallest absolute Gasteiger partial charge is 0.352 e. The average molecular weight is 293 g/mol. The monoisotopic (exact) mass is 292 g/mol. The highest BCUT2D eigenvalue weighted by Gasteiger charge is 2.32. The Morgan fingerprint density at radius 3 is 2.74 bits per heavy atom. The van der Waals surface area contributed by atoms with Gasteiger partial charge >= 0.3 is 6.18 Å². The molecule has 0 amide bonds. The molecule has 2 nitrogen and oxygen atoms in total. The first kappa shape index (κ1) is 14.4. The Hall–Kier alpha value is -0.970. The summed E-state index contributed by atoms with van der Waals surface area (Å²) < 4.78 is 37.7. The van der Waals surface area contributed by atoms with E-state index in [9.17, 15) is 13.2 Å². The topological polar surface area (TPSA) is 16.1 Å². The molecule has 2 heterocycles. The van der Waals surface area contributed by atoms with Gasteiger partial charge in [-0.2, -0.15) is 13.2 Å². The van der Waals surface area contributed by atoms with Gasteiger partial charge < -0.3 is 4.90 Å². The first-order valence-corrected chi connectivity index (χ1v) is 6.80.